The van der Waals surface area contributed by atoms with E-state index >= 15 is 0 Å². The van der Waals surface area contributed by atoms with Gasteiger partial charge in [-0.25, -0.2) is 13.1 Å². The average molecular weight is 540 g/mol. The van der Waals surface area contributed by atoms with Crippen molar-refractivity contribution in [2.75, 3.05) is 4.90 Å². The monoisotopic (exact) mass is 539 g/mol. The largest absolute Gasteiger partial charge is 0.308 e. The van der Waals surface area contributed by atoms with E-state index in [4.69, 9.17) is 0 Å². The number of aromatic nitrogens is 1. The molecular formula is C32H33N3O3S. The van der Waals surface area contributed by atoms with Crippen LogP contribution in [0.3, 0.4) is 0 Å². The Morgan fingerprint density at radius 2 is 1.72 bits per heavy atom. The summed E-state index contributed by atoms with van der Waals surface area (Å²) in [6.45, 7) is 2.43. The molecule has 4 aromatic rings. The molecule has 1 amide bonds. The molecule has 0 radical (unpaired) electrons. The Morgan fingerprint density at radius 1 is 0.949 bits per heavy atom. The molecule has 0 fully saturated rings. The smallest absolute Gasteiger partial charge is 0.241 e. The zero-order valence-electron chi connectivity index (χ0n) is 22.1. The number of pyridine rings is 1. The molecule has 0 aliphatic heterocycles. The van der Waals surface area contributed by atoms with E-state index in [1.54, 1.807) is 29.4 Å². The number of nitrogens with zero attached hydrogens (tertiary/aromatic N) is 2. The Balaban J connectivity index is 1.40. The molecule has 1 aliphatic carbocycles. The number of aryl methyl sites for hydroxylation is 3. The third-order valence-electron chi connectivity index (χ3n) is 7.29. The molecule has 1 aromatic heterocycles. The summed E-state index contributed by atoms with van der Waals surface area (Å²) in [6, 6.07) is 26.5. The molecular weight excluding hydrogens is 506 g/mol. The Labute approximate surface area is 230 Å². The van der Waals surface area contributed by atoms with Crippen LogP contribution in [0.2, 0.25) is 0 Å². The minimum atomic E-state index is -3.69. The lowest BCUT2D eigenvalue weighted by Crippen LogP contribution is -2.31. The molecule has 1 atom stereocenters. The van der Waals surface area contributed by atoms with Gasteiger partial charge < -0.3 is 4.90 Å². The van der Waals surface area contributed by atoms with Crippen molar-refractivity contribution in [2.45, 2.75) is 56.5 Å². The number of carbonyl (C=O) groups excluding carboxylic acids is 1. The van der Waals surface area contributed by atoms with Crippen LogP contribution in [0.25, 0.3) is 0 Å². The zero-order valence-corrected chi connectivity index (χ0v) is 22.9. The molecule has 1 N–H and O–H groups in total. The zero-order chi connectivity index (χ0) is 27.2. The van der Waals surface area contributed by atoms with Gasteiger partial charge in [0.1, 0.15) is 0 Å². The third kappa shape index (κ3) is 6.44. The maximum absolute atomic E-state index is 13.6. The third-order valence-corrected chi connectivity index (χ3v) is 8.78. The van der Waals surface area contributed by atoms with Gasteiger partial charge in [-0.05, 0) is 83.8 Å². The van der Waals surface area contributed by atoms with Crippen molar-refractivity contribution < 1.29 is 13.2 Å². The maximum Gasteiger partial charge on any atom is 0.241 e. The SMILES string of the molecule is CCc1ccc(S(=O)(=O)NC2CCc3ccc(N(Cc4cccnc4)C(=O)CCc4ccccc4)cc32)cc1. The lowest BCUT2D eigenvalue weighted by atomic mass is 10.1. The Morgan fingerprint density at radius 3 is 2.44 bits per heavy atom. The minimum absolute atomic E-state index is 0.00815. The molecule has 0 saturated carbocycles. The average Bonchev–Trinajstić information content (AvgIpc) is 3.37. The summed E-state index contributed by atoms with van der Waals surface area (Å²) in [4.78, 5) is 19.8. The second-order valence-electron chi connectivity index (χ2n) is 9.92. The van der Waals surface area contributed by atoms with E-state index in [1.807, 2.05) is 79.7 Å². The van der Waals surface area contributed by atoms with Crippen molar-refractivity contribution in [2.24, 2.45) is 0 Å². The molecule has 3 aromatic carbocycles. The molecule has 1 unspecified atom stereocenters. The second-order valence-corrected chi connectivity index (χ2v) is 11.6. The quantitative estimate of drug-likeness (QED) is 0.277. The molecule has 0 bridgehead atoms. The molecule has 39 heavy (non-hydrogen) atoms. The first kappa shape index (κ1) is 26.8. The number of hydrogen-bond acceptors (Lipinski definition) is 4. The van der Waals surface area contributed by atoms with Gasteiger partial charge in [-0.1, -0.05) is 61.5 Å². The Bertz CT molecular complexity index is 1520. The van der Waals surface area contributed by atoms with Crippen LogP contribution >= 0.6 is 0 Å². The van der Waals surface area contributed by atoms with Crippen molar-refractivity contribution in [1.29, 1.82) is 0 Å². The highest BCUT2D eigenvalue weighted by Gasteiger charge is 2.29. The lowest BCUT2D eigenvalue weighted by molar-refractivity contribution is -0.118. The number of nitrogens with one attached hydrogen (secondary N) is 1. The van der Waals surface area contributed by atoms with Gasteiger partial charge in [0.25, 0.3) is 0 Å². The predicted octanol–water partition coefficient (Wildman–Crippen LogP) is 5.78. The van der Waals surface area contributed by atoms with Crippen LogP contribution in [0.15, 0.2) is 102 Å². The van der Waals surface area contributed by atoms with Crippen molar-refractivity contribution >= 4 is 21.6 Å². The number of benzene rings is 3. The van der Waals surface area contributed by atoms with Crippen LogP contribution in [0.4, 0.5) is 5.69 Å². The first-order chi connectivity index (χ1) is 18.9. The fourth-order valence-corrected chi connectivity index (χ4v) is 6.32. The van der Waals surface area contributed by atoms with Gasteiger partial charge in [-0.3, -0.25) is 9.78 Å². The molecule has 6 nitrogen and oxygen atoms in total. The summed E-state index contributed by atoms with van der Waals surface area (Å²) < 4.78 is 29.3. The van der Waals surface area contributed by atoms with Crippen molar-refractivity contribution in [3.05, 3.63) is 125 Å². The molecule has 1 aliphatic rings. The van der Waals surface area contributed by atoms with Gasteiger partial charge in [0, 0.05) is 30.5 Å². The Hall–Kier alpha value is -3.81. The summed E-state index contributed by atoms with van der Waals surface area (Å²) in [5.74, 6) is 0.00815. The second kappa shape index (κ2) is 11.9. The lowest BCUT2D eigenvalue weighted by Gasteiger charge is -2.25. The normalized spacial score (nSPS) is 14.6. The van der Waals surface area contributed by atoms with Crippen molar-refractivity contribution in [3.63, 3.8) is 0 Å². The van der Waals surface area contributed by atoms with Gasteiger partial charge in [0.2, 0.25) is 15.9 Å². The van der Waals surface area contributed by atoms with E-state index < -0.39 is 10.0 Å². The van der Waals surface area contributed by atoms with E-state index in [2.05, 4.69) is 9.71 Å². The summed E-state index contributed by atoms with van der Waals surface area (Å²) in [5.41, 5.74) is 5.92. The summed E-state index contributed by atoms with van der Waals surface area (Å²) >= 11 is 0. The number of amides is 1. The van der Waals surface area contributed by atoms with Gasteiger partial charge in [-0.2, -0.15) is 0 Å². The van der Waals surface area contributed by atoms with E-state index in [0.29, 0.717) is 25.8 Å². The minimum Gasteiger partial charge on any atom is -0.308 e. The molecule has 5 rings (SSSR count). The van der Waals surface area contributed by atoms with Crippen molar-refractivity contribution in [3.8, 4) is 0 Å². The standard InChI is InChI=1S/C32H33N3O3S/c1-2-24-10-16-29(17-11-24)39(37,38)34-31-18-14-27-13-15-28(21-30(27)31)35(23-26-9-6-20-33-22-26)32(36)19-12-25-7-4-3-5-8-25/h3-11,13,15-17,20-22,31,34H,2,12,14,18-19,23H2,1H3. The number of anilines is 1. The topological polar surface area (TPSA) is 79.4 Å². The molecule has 0 spiro atoms. The number of carbonyl (C=O) groups is 1. The number of hydrogen-bond donors (Lipinski definition) is 1. The Kier molecular flexibility index (Phi) is 8.19. The number of sulfonamides is 1. The highest BCUT2D eigenvalue weighted by molar-refractivity contribution is 7.89. The van der Waals surface area contributed by atoms with Crippen LogP contribution < -0.4 is 9.62 Å². The molecule has 200 valence electrons. The molecule has 0 saturated heterocycles. The fourth-order valence-electron chi connectivity index (χ4n) is 5.07. The highest BCUT2D eigenvalue weighted by Crippen LogP contribution is 2.36. The fraction of sp³-hybridized carbons (Fsp3) is 0.250. The van der Waals surface area contributed by atoms with Crippen LogP contribution in [0.1, 0.15) is 53.6 Å². The van der Waals surface area contributed by atoms with E-state index in [9.17, 15) is 13.2 Å². The van der Waals surface area contributed by atoms with Gasteiger partial charge >= 0.3 is 0 Å². The number of rotatable bonds is 10. The van der Waals surface area contributed by atoms with Gasteiger partial charge in [0.15, 0.2) is 0 Å². The van der Waals surface area contributed by atoms with Gasteiger partial charge in [-0.15, -0.1) is 0 Å². The maximum atomic E-state index is 13.6. The number of fused-ring (bicyclic) bond motifs is 1. The predicted molar refractivity (Wildman–Crippen MR) is 154 cm³/mol. The van der Waals surface area contributed by atoms with Crippen LogP contribution in [-0.4, -0.2) is 19.3 Å². The van der Waals surface area contributed by atoms with Crippen LogP contribution in [0.5, 0.6) is 0 Å². The van der Waals surface area contributed by atoms with E-state index in [1.165, 1.54) is 0 Å². The first-order valence-corrected chi connectivity index (χ1v) is 14.9. The molecule has 7 heteroatoms. The summed E-state index contributed by atoms with van der Waals surface area (Å²) in [5, 5.41) is 0. The van der Waals surface area contributed by atoms with E-state index in [0.717, 1.165) is 46.3 Å². The highest BCUT2D eigenvalue weighted by atomic mass is 32.2. The molecule has 1 heterocycles. The summed E-state index contributed by atoms with van der Waals surface area (Å²) in [7, 11) is -3.69. The first-order valence-electron chi connectivity index (χ1n) is 13.4. The van der Waals surface area contributed by atoms with E-state index in [-0.39, 0.29) is 16.8 Å². The van der Waals surface area contributed by atoms with Crippen LogP contribution in [-0.2, 0) is 40.6 Å². The van der Waals surface area contributed by atoms with Crippen molar-refractivity contribution in [1.82, 2.24) is 9.71 Å². The van der Waals surface area contributed by atoms with Gasteiger partial charge in [0.05, 0.1) is 11.4 Å². The summed E-state index contributed by atoms with van der Waals surface area (Å²) in [6.07, 6.45) is 6.81. The van der Waals surface area contributed by atoms with Crippen LogP contribution in [0, 0.1) is 0 Å².